The van der Waals surface area contributed by atoms with Crippen molar-refractivity contribution in [2.75, 3.05) is 6.54 Å². The van der Waals surface area contributed by atoms with E-state index < -0.39 is 0 Å². The van der Waals surface area contributed by atoms with Crippen molar-refractivity contribution in [3.05, 3.63) is 35.9 Å². The molecule has 0 fully saturated rings. The summed E-state index contributed by atoms with van der Waals surface area (Å²) >= 11 is 0. The van der Waals surface area contributed by atoms with Crippen LogP contribution in [0.4, 0.5) is 0 Å². The average Bonchev–Trinajstić information content (AvgIpc) is 2.20. The number of azo groups is 1. The molecule has 0 radical (unpaired) electrons. The van der Waals surface area contributed by atoms with Crippen molar-refractivity contribution in [2.24, 2.45) is 21.0 Å². The lowest BCUT2D eigenvalue weighted by molar-refractivity contribution is 0.959. The Morgan fingerprint density at radius 1 is 1.29 bits per heavy atom. The Bertz CT molecular complexity index is 316. The second kappa shape index (κ2) is 5.85. The first-order valence-electron chi connectivity index (χ1n) is 4.54. The number of nitrogens with two attached hydrogens (primary N) is 1. The number of hydrogen-bond donors (Lipinski definition) is 1. The quantitative estimate of drug-likeness (QED) is 0.442. The maximum Gasteiger partial charge on any atom is 0.235 e. The van der Waals surface area contributed by atoms with Gasteiger partial charge in [0.25, 0.3) is 0 Å². The molecule has 0 bridgehead atoms. The molecule has 0 aliphatic heterocycles. The monoisotopic (exact) mass is 190 g/mol. The SMILES string of the molecule is CCN=C(N)N=NCc1ccccc1. The molecule has 0 unspecified atom stereocenters. The van der Waals surface area contributed by atoms with E-state index in [4.69, 9.17) is 5.73 Å². The molecule has 74 valence electrons. The molecule has 4 heteroatoms. The third-order valence-corrected chi connectivity index (χ3v) is 1.59. The van der Waals surface area contributed by atoms with Gasteiger partial charge in [-0.05, 0) is 12.5 Å². The first kappa shape index (κ1) is 10.4. The van der Waals surface area contributed by atoms with Crippen LogP contribution >= 0.6 is 0 Å². The largest absolute Gasteiger partial charge is 0.367 e. The van der Waals surface area contributed by atoms with E-state index >= 15 is 0 Å². The summed E-state index contributed by atoms with van der Waals surface area (Å²) in [6, 6.07) is 9.88. The maximum absolute atomic E-state index is 5.44. The Hall–Kier alpha value is -1.71. The van der Waals surface area contributed by atoms with E-state index in [0.29, 0.717) is 13.1 Å². The summed E-state index contributed by atoms with van der Waals surface area (Å²) in [5.41, 5.74) is 6.55. The molecule has 1 aromatic carbocycles. The zero-order chi connectivity index (χ0) is 10.2. The Labute approximate surface area is 83.6 Å². The van der Waals surface area contributed by atoms with Crippen LogP contribution in [0.2, 0.25) is 0 Å². The minimum absolute atomic E-state index is 0.239. The number of nitrogens with zero attached hydrogens (tertiary/aromatic N) is 3. The molecule has 0 spiro atoms. The van der Waals surface area contributed by atoms with Gasteiger partial charge >= 0.3 is 0 Å². The van der Waals surface area contributed by atoms with Gasteiger partial charge in [0.1, 0.15) is 0 Å². The van der Waals surface area contributed by atoms with Gasteiger partial charge in [-0.3, -0.25) is 4.99 Å². The highest BCUT2D eigenvalue weighted by molar-refractivity contribution is 5.78. The van der Waals surface area contributed by atoms with Gasteiger partial charge in [0.05, 0.1) is 6.54 Å². The summed E-state index contributed by atoms with van der Waals surface area (Å²) in [5.74, 6) is 0.239. The van der Waals surface area contributed by atoms with Crippen LogP contribution in [0.15, 0.2) is 45.6 Å². The average molecular weight is 190 g/mol. The second-order valence-corrected chi connectivity index (χ2v) is 2.72. The van der Waals surface area contributed by atoms with Gasteiger partial charge in [-0.1, -0.05) is 30.3 Å². The Morgan fingerprint density at radius 2 is 2.00 bits per heavy atom. The van der Waals surface area contributed by atoms with Gasteiger partial charge in [-0.15, -0.1) is 5.11 Å². The van der Waals surface area contributed by atoms with Crippen molar-refractivity contribution < 1.29 is 0 Å². The molecular weight excluding hydrogens is 176 g/mol. The van der Waals surface area contributed by atoms with Gasteiger partial charge in [0, 0.05) is 6.54 Å². The smallest absolute Gasteiger partial charge is 0.235 e. The summed E-state index contributed by atoms with van der Waals surface area (Å²) in [4.78, 5) is 3.89. The normalized spacial score (nSPS) is 12.2. The molecule has 1 aromatic rings. The summed E-state index contributed by atoms with van der Waals surface area (Å²) in [5, 5.41) is 7.69. The summed E-state index contributed by atoms with van der Waals surface area (Å²) in [7, 11) is 0. The standard InChI is InChI=1S/C10H14N4/c1-2-12-10(11)14-13-8-9-6-4-3-5-7-9/h3-7H,2,8H2,1H3,(H2,11,12). The first-order valence-corrected chi connectivity index (χ1v) is 4.54. The molecule has 0 aliphatic rings. The van der Waals surface area contributed by atoms with Crippen LogP contribution in [-0.4, -0.2) is 12.5 Å². The zero-order valence-corrected chi connectivity index (χ0v) is 8.22. The van der Waals surface area contributed by atoms with E-state index in [0.717, 1.165) is 5.56 Å². The Kier molecular flexibility index (Phi) is 4.34. The van der Waals surface area contributed by atoms with Crippen LogP contribution in [0.25, 0.3) is 0 Å². The fourth-order valence-corrected chi connectivity index (χ4v) is 0.966. The fourth-order valence-electron chi connectivity index (χ4n) is 0.966. The van der Waals surface area contributed by atoms with Crippen molar-refractivity contribution in [2.45, 2.75) is 13.5 Å². The van der Waals surface area contributed by atoms with E-state index in [-0.39, 0.29) is 5.96 Å². The van der Waals surface area contributed by atoms with Gasteiger partial charge in [-0.25, -0.2) is 0 Å². The number of rotatable bonds is 3. The van der Waals surface area contributed by atoms with Crippen LogP contribution in [-0.2, 0) is 6.54 Å². The molecule has 0 aromatic heterocycles. The topological polar surface area (TPSA) is 63.1 Å². The van der Waals surface area contributed by atoms with Gasteiger partial charge in [0.15, 0.2) is 0 Å². The third kappa shape index (κ3) is 3.80. The molecule has 0 amide bonds. The minimum atomic E-state index is 0.239. The highest BCUT2D eigenvalue weighted by Gasteiger charge is 1.88. The lowest BCUT2D eigenvalue weighted by Crippen LogP contribution is -2.07. The third-order valence-electron chi connectivity index (χ3n) is 1.59. The van der Waals surface area contributed by atoms with Crippen LogP contribution in [0.5, 0.6) is 0 Å². The van der Waals surface area contributed by atoms with E-state index in [1.54, 1.807) is 0 Å². The van der Waals surface area contributed by atoms with E-state index in [1.165, 1.54) is 0 Å². The summed E-state index contributed by atoms with van der Waals surface area (Å²) in [6.45, 7) is 3.08. The molecule has 0 atom stereocenters. The molecule has 0 heterocycles. The molecule has 4 nitrogen and oxygen atoms in total. The molecule has 0 saturated carbocycles. The number of guanidine groups is 1. The van der Waals surface area contributed by atoms with Crippen molar-refractivity contribution in [1.29, 1.82) is 0 Å². The predicted octanol–water partition coefficient (Wildman–Crippen LogP) is 1.97. The maximum atomic E-state index is 5.44. The van der Waals surface area contributed by atoms with Crippen molar-refractivity contribution >= 4 is 5.96 Å². The van der Waals surface area contributed by atoms with E-state index in [2.05, 4.69) is 15.2 Å². The van der Waals surface area contributed by atoms with Crippen LogP contribution < -0.4 is 5.73 Å². The van der Waals surface area contributed by atoms with Crippen LogP contribution in [0.3, 0.4) is 0 Å². The van der Waals surface area contributed by atoms with Gasteiger partial charge < -0.3 is 5.73 Å². The van der Waals surface area contributed by atoms with Gasteiger partial charge in [-0.2, -0.15) is 5.11 Å². The van der Waals surface area contributed by atoms with Crippen LogP contribution in [0, 0.1) is 0 Å². The molecule has 1 rings (SSSR count). The molecule has 0 aliphatic carbocycles. The van der Waals surface area contributed by atoms with Crippen LogP contribution in [0.1, 0.15) is 12.5 Å². The highest BCUT2D eigenvalue weighted by Crippen LogP contribution is 2.00. The second-order valence-electron chi connectivity index (χ2n) is 2.72. The van der Waals surface area contributed by atoms with E-state index in [9.17, 15) is 0 Å². The van der Waals surface area contributed by atoms with Crippen molar-refractivity contribution in [3.63, 3.8) is 0 Å². The predicted molar refractivity (Wildman–Crippen MR) is 57.2 cm³/mol. The highest BCUT2D eigenvalue weighted by atomic mass is 15.2. The zero-order valence-electron chi connectivity index (χ0n) is 8.22. The number of benzene rings is 1. The number of hydrogen-bond acceptors (Lipinski definition) is 2. The fraction of sp³-hybridized carbons (Fsp3) is 0.300. The summed E-state index contributed by atoms with van der Waals surface area (Å²) in [6.07, 6.45) is 0. The molecular formula is C10H14N4. The lowest BCUT2D eigenvalue weighted by Gasteiger charge is -1.93. The van der Waals surface area contributed by atoms with E-state index in [1.807, 2.05) is 37.3 Å². The van der Waals surface area contributed by atoms with Crippen molar-refractivity contribution in [1.82, 2.24) is 0 Å². The Balaban J connectivity index is 2.45. The molecule has 14 heavy (non-hydrogen) atoms. The Morgan fingerprint density at radius 3 is 2.64 bits per heavy atom. The lowest BCUT2D eigenvalue weighted by atomic mass is 10.2. The van der Waals surface area contributed by atoms with Gasteiger partial charge in [0.2, 0.25) is 5.96 Å². The first-order chi connectivity index (χ1) is 6.83. The molecule has 0 saturated heterocycles. The van der Waals surface area contributed by atoms with Crippen molar-refractivity contribution in [3.8, 4) is 0 Å². The number of aliphatic imine (C=N–C) groups is 1. The molecule has 2 N–H and O–H groups in total. The minimum Gasteiger partial charge on any atom is -0.367 e. The summed E-state index contributed by atoms with van der Waals surface area (Å²) < 4.78 is 0.